The van der Waals surface area contributed by atoms with E-state index in [1.165, 1.54) is 38.5 Å². The molecule has 0 unspecified atom stereocenters. The lowest BCUT2D eigenvalue weighted by molar-refractivity contribution is 0.146. The van der Waals surface area contributed by atoms with Crippen LogP contribution in [0.4, 0.5) is 0 Å². The number of nitrogens with two attached hydrogens (primary N) is 1. The van der Waals surface area contributed by atoms with Gasteiger partial charge in [-0.3, -0.25) is 4.99 Å². The zero-order chi connectivity index (χ0) is 13.1. The third-order valence-electron chi connectivity index (χ3n) is 3.19. The first-order valence-corrected chi connectivity index (χ1v) is 7.08. The van der Waals surface area contributed by atoms with Crippen LogP contribution in [0.3, 0.4) is 0 Å². The van der Waals surface area contributed by atoms with Gasteiger partial charge in [0, 0.05) is 6.04 Å². The van der Waals surface area contributed by atoms with Crippen molar-refractivity contribution < 1.29 is 4.74 Å². The molecular weight excluding hydrogens is 226 g/mol. The number of rotatable bonds is 7. The Morgan fingerprint density at radius 1 is 1.28 bits per heavy atom. The van der Waals surface area contributed by atoms with E-state index >= 15 is 0 Å². The molecule has 0 bridgehead atoms. The van der Waals surface area contributed by atoms with Gasteiger partial charge in [-0.2, -0.15) is 0 Å². The van der Waals surface area contributed by atoms with Crippen LogP contribution in [0, 0.1) is 0 Å². The van der Waals surface area contributed by atoms with Crippen LogP contribution in [0.1, 0.15) is 44.9 Å². The molecule has 4 heteroatoms. The van der Waals surface area contributed by atoms with Crippen LogP contribution in [0.25, 0.3) is 0 Å². The van der Waals surface area contributed by atoms with Crippen LogP contribution in [0.15, 0.2) is 17.6 Å². The Kier molecular flexibility index (Phi) is 8.30. The van der Waals surface area contributed by atoms with E-state index in [1.54, 1.807) is 0 Å². The summed E-state index contributed by atoms with van der Waals surface area (Å²) in [6.45, 7) is 5.61. The number of hydrogen-bond donors (Lipinski definition) is 2. The van der Waals surface area contributed by atoms with Crippen molar-refractivity contribution in [3.8, 4) is 0 Å². The van der Waals surface area contributed by atoms with Crippen LogP contribution in [-0.2, 0) is 4.74 Å². The van der Waals surface area contributed by atoms with Gasteiger partial charge in [-0.15, -0.1) is 6.58 Å². The van der Waals surface area contributed by atoms with Crippen molar-refractivity contribution in [1.29, 1.82) is 0 Å². The summed E-state index contributed by atoms with van der Waals surface area (Å²) in [5.74, 6) is 0.564. The molecule has 1 fully saturated rings. The molecule has 0 spiro atoms. The number of nitrogens with zero attached hydrogens (tertiary/aromatic N) is 1. The van der Waals surface area contributed by atoms with Gasteiger partial charge in [0.05, 0.1) is 19.8 Å². The first-order valence-electron chi connectivity index (χ1n) is 7.08. The number of aliphatic imine (C=N–C) groups is 1. The van der Waals surface area contributed by atoms with E-state index in [9.17, 15) is 0 Å². The first-order chi connectivity index (χ1) is 8.83. The Morgan fingerprint density at radius 2 is 2.00 bits per heavy atom. The maximum Gasteiger partial charge on any atom is 0.188 e. The van der Waals surface area contributed by atoms with Crippen molar-refractivity contribution in [3.63, 3.8) is 0 Å². The molecule has 0 heterocycles. The zero-order valence-corrected chi connectivity index (χ0v) is 11.4. The van der Waals surface area contributed by atoms with Crippen molar-refractivity contribution in [3.05, 3.63) is 12.7 Å². The van der Waals surface area contributed by atoms with E-state index in [-0.39, 0.29) is 0 Å². The second kappa shape index (κ2) is 9.95. The smallest absolute Gasteiger partial charge is 0.188 e. The third-order valence-corrected chi connectivity index (χ3v) is 3.19. The Labute approximate surface area is 111 Å². The summed E-state index contributed by atoms with van der Waals surface area (Å²) < 4.78 is 5.37. The fraction of sp³-hybridized carbons (Fsp3) is 0.786. The molecule has 1 aliphatic carbocycles. The molecular formula is C14H27N3O. The molecule has 0 amide bonds. The summed E-state index contributed by atoms with van der Waals surface area (Å²) in [4.78, 5) is 4.28. The Balaban J connectivity index is 2.10. The van der Waals surface area contributed by atoms with Gasteiger partial charge in [-0.05, 0) is 19.3 Å². The highest BCUT2D eigenvalue weighted by atomic mass is 16.5. The highest BCUT2D eigenvalue weighted by Gasteiger charge is 2.11. The predicted molar refractivity (Wildman–Crippen MR) is 76.7 cm³/mol. The van der Waals surface area contributed by atoms with Crippen LogP contribution in [-0.4, -0.2) is 31.8 Å². The molecule has 1 rings (SSSR count). The van der Waals surface area contributed by atoms with Crippen molar-refractivity contribution in [2.24, 2.45) is 10.7 Å². The van der Waals surface area contributed by atoms with Crippen molar-refractivity contribution in [1.82, 2.24) is 5.32 Å². The van der Waals surface area contributed by atoms with E-state index < -0.39 is 0 Å². The lowest BCUT2D eigenvalue weighted by Gasteiger charge is -2.16. The lowest BCUT2D eigenvalue weighted by atomic mass is 10.1. The number of guanidine groups is 1. The molecule has 0 saturated heterocycles. The fourth-order valence-corrected chi connectivity index (χ4v) is 2.18. The molecule has 104 valence electrons. The zero-order valence-electron chi connectivity index (χ0n) is 11.4. The molecule has 0 aromatic heterocycles. The molecule has 3 N–H and O–H groups in total. The maximum atomic E-state index is 5.86. The van der Waals surface area contributed by atoms with Gasteiger partial charge in [0.1, 0.15) is 0 Å². The SMILES string of the molecule is C=CCCOCCN=C(N)NC1CCCCCC1. The number of ether oxygens (including phenoxy) is 1. The molecule has 0 aromatic rings. The molecule has 1 saturated carbocycles. The largest absolute Gasteiger partial charge is 0.379 e. The molecule has 1 aliphatic rings. The first kappa shape index (κ1) is 15.0. The second-order valence-electron chi connectivity index (χ2n) is 4.79. The second-order valence-corrected chi connectivity index (χ2v) is 4.79. The monoisotopic (exact) mass is 253 g/mol. The normalized spacial score (nSPS) is 18.3. The minimum atomic E-state index is 0.512. The fourth-order valence-electron chi connectivity index (χ4n) is 2.18. The molecule has 18 heavy (non-hydrogen) atoms. The standard InChI is InChI=1S/C14H27N3O/c1-2-3-11-18-12-10-16-14(15)17-13-8-6-4-5-7-9-13/h2,13H,1,3-12H2,(H3,15,16,17). The average molecular weight is 253 g/mol. The Hall–Kier alpha value is -1.03. The molecule has 4 nitrogen and oxygen atoms in total. The molecule has 0 aromatic carbocycles. The van der Waals surface area contributed by atoms with E-state index in [2.05, 4.69) is 16.9 Å². The summed E-state index contributed by atoms with van der Waals surface area (Å²) in [5, 5.41) is 3.32. The van der Waals surface area contributed by atoms with Gasteiger partial charge < -0.3 is 15.8 Å². The minimum absolute atomic E-state index is 0.512. The average Bonchev–Trinajstić information content (AvgIpc) is 2.62. The van der Waals surface area contributed by atoms with E-state index in [4.69, 9.17) is 10.5 Å². The van der Waals surface area contributed by atoms with Crippen LogP contribution in [0.2, 0.25) is 0 Å². The Bertz CT molecular complexity index is 245. The van der Waals surface area contributed by atoms with Crippen LogP contribution in [0.5, 0.6) is 0 Å². The van der Waals surface area contributed by atoms with Gasteiger partial charge >= 0.3 is 0 Å². The van der Waals surface area contributed by atoms with Gasteiger partial charge in [0.15, 0.2) is 5.96 Å². The van der Waals surface area contributed by atoms with Crippen molar-refractivity contribution in [2.45, 2.75) is 51.0 Å². The molecule has 0 atom stereocenters. The predicted octanol–water partition coefficient (Wildman–Crippen LogP) is 2.21. The van der Waals surface area contributed by atoms with E-state index in [0.717, 1.165) is 13.0 Å². The van der Waals surface area contributed by atoms with Crippen LogP contribution < -0.4 is 11.1 Å². The van der Waals surface area contributed by atoms with Crippen molar-refractivity contribution >= 4 is 5.96 Å². The summed E-state index contributed by atoms with van der Waals surface area (Å²) in [7, 11) is 0. The minimum Gasteiger partial charge on any atom is -0.379 e. The van der Waals surface area contributed by atoms with Gasteiger partial charge in [-0.1, -0.05) is 31.8 Å². The summed E-state index contributed by atoms with van der Waals surface area (Å²) >= 11 is 0. The number of hydrogen-bond acceptors (Lipinski definition) is 2. The highest BCUT2D eigenvalue weighted by Crippen LogP contribution is 2.16. The highest BCUT2D eigenvalue weighted by molar-refractivity contribution is 5.78. The third kappa shape index (κ3) is 7.33. The lowest BCUT2D eigenvalue weighted by Crippen LogP contribution is -2.40. The topological polar surface area (TPSA) is 59.6 Å². The molecule has 0 aliphatic heterocycles. The molecule has 0 radical (unpaired) electrons. The quantitative estimate of drug-likeness (QED) is 0.240. The summed E-state index contributed by atoms with van der Waals surface area (Å²) in [6.07, 6.45) is 10.5. The van der Waals surface area contributed by atoms with E-state index in [1.807, 2.05) is 6.08 Å². The number of nitrogens with one attached hydrogen (secondary N) is 1. The van der Waals surface area contributed by atoms with Crippen molar-refractivity contribution in [2.75, 3.05) is 19.8 Å². The summed E-state index contributed by atoms with van der Waals surface area (Å²) in [5.41, 5.74) is 5.86. The van der Waals surface area contributed by atoms with Gasteiger partial charge in [0.25, 0.3) is 0 Å². The van der Waals surface area contributed by atoms with Gasteiger partial charge in [-0.25, -0.2) is 0 Å². The van der Waals surface area contributed by atoms with Gasteiger partial charge in [0.2, 0.25) is 0 Å². The summed E-state index contributed by atoms with van der Waals surface area (Å²) in [6, 6.07) is 0.512. The maximum absolute atomic E-state index is 5.86. The van der Waals surface area contributed by atoms with Crippen LogP contribution >= 0.6 is 0 Å². The Morgan fingerprint density at radius 3 is 2.67 bits per heavy atom. The van der Waals surface area contributed by atoms with E-state index in [0.29, 0.717) is 25.2 Å².